The van der Waals surface area contributed by atoms with Crippen molar-refractivity contribution in [3.8, 4) is 0 Å². The predicted octanol–water partition coefficient (Wildman–Crippen LogP) is 2.45. The second kappa shape index (κ2) is 4.00. The molecule has 2 aromatic rings. The number of rotatable bonds is 2. The first-order chi connectivity index (χ1) is 7.65. The Hall–Kier alpha value is -1.77. The van der Waals surface area contributed by atoms with E-state index in [0.29, 0.717) is 0 Å². The minimum Gasteiger partial charge on any atom is -0.398 e. The second-order valence-corrected chi connectivity index (χ2v) is 4.09. The zero-order valence-electron chi connectivity index (χ0n) is 9.99. The van der Waals surface area contributed by atoms with Crippen LogP contribution in [0.1, 0.15) is 12.5 Å². The summed E-state index contributed by atoms with van der Waals surface area (Å²) in [5, 5.41) is 1.05. The lowest BCUT2D eigenvalue weighted by atomic mass is 10.1. The van der Waals surface area contributed by atoms with Gasteiger partial charge in [-0.1, -0.05) is 25.1 Å². The van der Waals surface area contributed by atoms with Gasteiger partial charge in [-0.3, -0.25) is 0 Å². The van der Waals surface area contributed by atoms with Crippen LogP contribution in [0.15, 0.2) is 24.3 Å². The van der Waals surface area contributed by atoms with Gasteiger partial charge < -0.3 is 10.6 Å². The van der Waals surface area contributed by atoms with Crippen LogP contribution < -0.4 is 10.6 Å². The molecule has 0 aliphatic heterocycles. The lowest BCUT2D eigenvalue weighted by molar-refractivity contribution is 1.02. The van der Waals surface area contributed by atoms with E-state index in [1.54, 1.807) is 0 Å². The van der Waals surface area contributed by atoms with E-state index in [0.717, 1.165) is 34.4 Å². The molecule has 0 unspecified atom stereocenters. The molecule has 0 atom stereocenters. The van der Waals surface area contributed by atoms with Crippen LogP contribution in [0.5, 0.6) is 0 Å². The fraction of sp³-hybridized carbons (Fsp3) is 0.308. The maximum Gasteiger partial charge on any atom is 0.134 e. The number of benzene rings is 1. The monoisotopic (exact) mass is 215 g/mol. The highest BCUT2D eigenvalue weighted by Crippen LogP contribution is 2.30. The maximum atomic E-state index is 6.20. The van der Waals surface area contributed by atoms with Crippen molar-refractivity contribution in [2.75, 3.05) is 24.7 Å². The van der Waals surface area contributed by atoms with Crippen LogP contribution in [0.2, 0.25) is 0 Å². The maximum absolute atomic E-state index is 6.20. The van der Waals surface area contributed by atoms with Gasteiger partial charge in [-0.25, -0.2) is 4.98 Å². The smallest absolute Gasteiger partial charge is 0.134 e. The number of nitrogens with zero attached hydrogens (tertiary/aromatic N) is 2. The summed E-state index contributed by atoms with van der Waals surface area (Å²) in [5.74, 6) is 0.971. The first-order valence-electron chi connectivity index (χ1n) is 5.49. The molecule has 1 heterocycles. The summed E-state index contributed by atoms with van der Waals surface area (Å²) in [6.45, 7) is 2.11. The number of aromatic nitrogens is 1. The van der Waals surface area contributed by atoms with Crippen molar-refractivity contribution in [2.45, 2.75) is 13.3 Å². The molecule has 0 fully saturated rings. The van der Waals surface area contributed by atoms with Crippen LogP contribution in [0, 0.1) is 0 Å². The van der Waals surface area contributed by atoms with Crippen LogP contribution in [0.3, 0.4) is 0 Å². The van der Waals surface area contributed by atoms with E-state index in [-0.39, 0.29) is 0 Å². The van der Waals surface area contributed by atoms with Crippen LogP contribution in [0.4, 0.5) is 11.5 Å². The molecular formula is C13H17N3. The standard InChI is InChI=1S/C13H17N3/c1-4-9-12(14)10-7-5-6-8-11(10)15-13(9)16(2)3/h5-8H,4H2,1-3H3,(H2,14,15). The summed E-state index contributed by atoms with van der Waals surface area (Å²) in [6.07, 6.45) is 0.900. The van der Waals surface area contributed by atoms with Crippen molar-refractivity contribution < 1.29 is 0 Å². The van der Waals surface area contributed by atoms with Crippen molar-refractivity contribution >= 4 is 22.4 Å². The van der Waals surface area contributed by atoms with E-state index >= 15 is 0 Å². The molecule has 0 aliphatic rings. The van der Waals surface area contributed by atoms with E-state index in [2.05, 4.69) is 11.9 Å². The largest absolute Gasteiger partial charge is 0.398 e. The quantitative estimate of drug-likeness (QED) is 0.836. The molecule has 0 bridgehead atoms. The summed E-state index contributed by atoms with van der Waals surface area (Å²) in [6, 6.07) is 8.00. The summed E-state index contributed by atoms with van der Waals surface area (Å²) in [4.78, 5) is 6.67. The normalized spacial score (nSPS) is 10.7. The Morgan fingerprint density at radius 3 is 2.56 bits per heavy atom. The summed E-state index contributed by atoms with van der Waals surface area (Å²) in [7, 11) is 3.99. The summed E-state index contributed by atoms with van der Waals surface area (Å²) in [5.41, 5.74) is 9.15. The van der Waals surface area contributed by atoms with E-state index < -0.39 is 0 Å². The third kappa shape index (κ3) is 1.58. The first-order valence-corrected chi connectivity index (χ1v) is 5.49. The third-order valence-corrected chi connectivity index (χ3v) is 2.79. The van der Waals surface area contributed by atoms with Gasteiger partial charge in [-0.05, 0) is 12.5 Å². The number of para-hydroxylation sites is 1. The van der Waals surface area contributed by atoms with Gasteiger partial charge in [0.15, 0.2) is 0 Å². The molecule has 3 heteroatoms. The number of hydrogen-bond acceptors (Lipinski definition) is 3. The average molecular weight is 215 g/mol. The Balaban J connectivity index is 2.81. The van der Waals surface area contributed by atoms with Gasteiger partial charge in [0.2, 0.25) is 0 Å². The number of hydrogen-bond donors (Lipinski definition) is 1. The summed E-state index contributed by atoms with van der Waals surface area (Å²) >= 11 is 0. The molecule has 3 nitrogen and oxygen atoms in total. The molecule has 0 aliphatic carbocycles. The Morgan fingerprint density at radius 1 is 1.25 bits per heavy atom. The summed E-state index contributed by atoms with van der Waals surface area (Å²) < 4.78 is 0. The van der Waals surface area contributed by atoms with Crippen molar-refractivity contribution in [1.29, 1.82) is 0 Å². The highest BCUT2D eigenvalue weighted by Gasteiger charge is 2.12. The SMILES string of the molecule is CCc1c(N(C)C)nc2ccccc2c1N. The fourth-order valence-corrected chi connectivity index (χ4v) is 1.98. The minimum atomic E-state index is 0.858. The molecular weight excluding hydrogens is 198 g/mol. The van der Waals surface area contributed by atoms with Crippen molar-refractivity contribution in [3.05, 3.63) is 29.8 Å². The molecule has 0 spiro atoms. The van der Waals surface area contributed by atoms with Gasteiger partial charge in [0.25, 0.3) is 0 Å². The van der Waals surface area contributed by atoms with Gasteiger partial charge in [0.05, 0.1) is 5.52 Å². The Kier molecular flexibility index (Phi) is 2.69. The molecule has 0 saturated heterocycles. The lowest BCUT2D eigenvalue weighted by Crippen LogP contribution is -2.14. The molecule has 2 rings (SSSR count). The number of fused-ring (bicyclic) bond motifs is 1. The van der Waals surface area contributed by atoms with Crippen LogP contribution in [0.25, 0.3) is 10.9 Å². The average Bonchev–Trinajstić information content (AvgIpc) is 2.29. The van der Waals surface area contributed by atoms with Gasteiger partial charge in [-0.2, -0.15) is 0 Å². The van der Waals surface area contributed by atoms with Crippen molar-refractivity contribution in [1.82, 2.24) is 4.98 Å². The van der Waals surface area contributed by atoms with Crippen molar-refractivity contribution in [3.63, 3.8) is 0 Å². The number of nitrogen functional groups attached to an aromatic ring is 1. The minimum absolute atomic E-state index is 0.858. The number of anilines is 2. The predicted molar refractivity (Wildman–Crippen MR) is 69.9 cm³/mol. The van der Waals surface area contributed by atoms with E-state index in [1.807, 2.05) is 43.3 Å². The van der Waals surface area contributed by atoms with E-state index in [9.17, 15) is 0 Å². The highest BCUT2D eigenvalue weighted by molar-refractivity contribution is 5.94. The second-order valence-electron chi connectivity index (χ2n) is 4.09. The zero-order chi connectivity index (χ0) is 11.7. The molecule has 0 amide bonds. The fourth-order valence-electron chi connectivity index (χ4n) is 1.98. The van der Waals surface area contributed by atoms with Gasteiger partial charge in [-0.15, -0.1) is 0 Å². The van der Waals surface area contributed by atoms with E-state index in [1.165, 1.54) is 0 Å². The zero-order valence-corrected chi connectivity index (χ0v) is 9.99. The molecule has 0 radical (unpaired) electrons. The molecule has 84 valence electrons. The van der Waals surface area contributed by atoms with E-state index in [4.69, 9.17) is 5.73 Å². The molecule has 1 aromatic heterocycles. The topological polar surface area (TPSA) is 42.2 Å². The number of nitrogens with two attached hydrogens (primary N) is 1. The Labute approximate surface area is 95.9 Å². The van der Waals surface area contributed by atoms with Crippen molar-refractivity contribution in [2.24, 2.45) is 0 Å². The Bertz CT molecular complexity index is 518. The molecule has 16 heavy (non-hydrogen) atoms. The van der Waals surface area contributed by atoms with Crippen LogP contribution in [-0.2, 0) is 6.42 Å². The molecule has 2 N–H and O–H groups in total. The van der Waals surface area contributed by atoms with Gasteiger partial charge in [0.1, 0.15) is 5.82 Å². The Morgan fingerprint density at radius 2 is 1.94 bits per heavy atom. The van der Waals surface area contributed by atoms with Crippen LogP contribution in [-0.4, -0.2) is 19.1 Å². The first kappa shape index (κ1) is 10.7. The molecule has 1 aromatic carbocycles. The molecule has 0 saturated carbocycles. The number of pyridine rings is 1. The van der Waals surface area contributed by atoms with Crippen LogP contribution >= 0.6 is 0 Å². The third-order valence-electron chi connectivity index (χ3n) is 2.79. The van der Waals surface area contributed by atoms with Gasteiger partial charge >= 0.3 is 0 Å². The van der Waals surface area contributed by atoms with Gasteiger partial charge in [0, 0.05) is 30.7 Å². The highest BCUT2D eigenvalue weighted by atomic mass is 15.1. The lowest BCUT2D eigenvalue weighted by Gasteiger charge is -2.18.